The Morgan fingerprint density at radius 3 is 2.76 bits per heavy atom. The number of nitrogens with one attached hydrogen (secondary N) is 1. The average Bonchev–Trinajstić information content (AvgIpc) is 2.93. The average molecular weight is 340 g/mol. The zero-order chi connectivity index (χ0) is 14.2. The lowest BCUT2D eigenvalue weighted by molar-refractivity contribution is 0.0799. The van der Waals surface area contributed by atoms with Crippen LogP contribution in [0.5, 0.6) is 0 Å². The second kappa shape index (κ2) is 6.01. The molecule has 2 aromatic heterocycles. The van der Waals surface area contributed by atoms with Gasteiger partial charge in [0.2, 0.25) is 0 Å². The van der Waals surface area contributed by atoms with Crippen molar-refractivity contribution in [3.8, 4) is 0 Å². The summed E-state index contributed by atoms with van der Waals surface area (Å²) in [4.78, 5) is 2.65. The van der Waals surface area contributed by atoms with E-state index < -0.39 is 0 Å². The van der Waals surface area contributed by atoms with Gasteiger partial charge in [0, 0.05) is 22.4 Å². The predicted molar refractivity (Wildman–Crippen MR) is 89.5 cm³/mol. The molecule has 0 bridgehead atoms. The highest BCUT2D eigenvalue weighted by atomic mass is 35.5. The van der Waals surface area contributed by atoms with E-state index in [0.717, 1.165) is 23.3 Å². The predicted octanol–water partition coefficient (Wildman–Crippen LogP) is 4.71. The number of ether oxygens (including phenoxy) is 1. The van der Waals surface area contributed by atoms with Gasteiger partial charge in [-0.25, -0.2) is 0 Å². The van der Waals surface area contributed by atoms with Crippen LogP contribution in [0.2, 0.25) is 4.34 Å². The lowest BCUT2D eigenvalue weighted by Crippen LogP contribution is -2.39. The fourth-order valence-corrected chi connectivity index (χ4v) is 5.15. The Hall–Kier alpha value is -0.390. The van der Waals surface area contributed by atoms with Crippen LogP contribution in [0.3, 0.4) is 0 Å². The first-order chi connectivity index (χ1) is 10.3. The molecule has 5 heteroatoms. The molecule has 0 spiro atoms. The maximum Gasteiger partial charge on any atom is 0.0931 e. The molecule has 2 nitrogen and oxygen atoms in total. The highest BCUT2D eigenvalue weighted by Crippen LogP contribution is 2.40. The number of hydrogen-bond donors (Lipinski definition) is 1. The normalized spacial score (nSPS) is 27.1. The van der Waals surface area contributed by atoms with E-state index in [9.17, 15) is 0 Å². The number of hydrogen-bond acceptors (Lipinski definition) is 4. The van der Waals surface area contributed by atoms with Gasteiger partial charge >= 0.3 is 0 Å². The van der Waals surface area contributed by atoms with Gasteiger partial charge in [-0.1, -0.05) is 17.7 Å². The second-order valence-electron chi connectivity index (χ2n) is 5.82. The molecule has 1 aliphatic heterocycles. The molecule has 3 unspecified atom stereocenters. The SMILES string of the molecule is Clc1ccc(C(NC2CCOC2C2CC2)c2cccs2)s1. The molecule has 0 radical (unpaired) electrons. The molecule has 2 aliphatic rings. The molecular formula is C16H18ClNOS2. The summed E-state index contributed by atoms with van der Waals surface area (Å²) >= 11 is 9.62. The lowest BCUT2D eigenvalue weighted by Gasteiger charge is -2.25. The first-order valence-electron chi connectivity index (χ1n) is 7.47. The minimum Gasteiger partial charge on any atom is -0.376 e. The van der Waals surface area contributed by atoms with E-state index in [0.29, 0.717) is 12.1 Å². The van der Waals surface area contributed by atoms with Gasteiger partial charge in [-0.15, -0.1) is 22.7 Å². The van der Waals surface area contributed by atoms with E-state index in [4.69, 9.17) is 16.3 Å². The van der Waals surface area contributed by atoms with Crippen molar-refractivity contribution >= 4 is 34.3 Å². The summed E-state index contributed by atoms with van der Waals surface area (Å²) in [5, 5.41) is 6.00. The van der Waals surface area contributed by atoms with E-state index >= 15 is 0 Å². The summed E-state index contributed by atoms with van der Waals surface area (Å²) < 4.78 is 6.82. The Bertz CT molecular complexity index is 593. The molecule has 2 fully saturated rings. The quantitative estimate of drug-likeness (QED) is 0.851. The molecule has 0 amide bonds. The third-order valence-electron chi connectivity index (χ3n) is 4.31. The van der Waals surface area contributed by atoms with E-state index in [1.54, 1.807) is 22.7 Å². The fraction of sp³-hybridized carbons (Fsp3) is 0.500. The maximum absolute atomic E-state index is 6.14. The monoisotopic (exact) mass is 339 g/mol. The Morgan fingerprint density at radius 1 is 1.19 bits per heavy atom. The van der Waals surface area contributed by atoms with Gasteiger partial charge in [-0.3, -0.25) is 5.32 Å². The molecule has 4 rings (SSSR count). The van der Waals surface area contributed by atoms with Crippen LogP contribution in [-0.4, -0.2) is 18.8 Å². The molecule has 1 aliphatic carbocycles. The van der Waals surface area contributed by atoms with Crippen LogP contribution < -0.4 is 5.32 Å². The lowest BCUT2D eigenvalue weighted by atomic mass is 10.0. The second-order valence-corrected chi connectivity index (χ2v) is 8.55. The van der Waals surface area contributed by atoms with E-state index in [-0.39, 0.29) is 6.04 Å². The molecule has 1 saturated carbocycles. The van der Waals surface area contributed by atoms with Gasteiger partial charge in [0.15, 0.2) is 0 Å². The first-order valence-corrected chi connectivity index (χ1v) is 9.55. The van der Waals surface area contributed by atoms with Crippen molar-refractivity contribution in [2.24, 2.45) is 5.92 Å². The Balaban J connectivity index is 1.57. The van der Waals surface area contributed by atoms with Gasteiger partial charge in [-0.05, 0) is 48.8 Å². The van der Waals surface area contributed by atoms with Gasteiger partial charge in [0.25, 0.3) is 0 Å². The zero-order valence-electron chi connectivity index (χ0n) is 11.6. The van der Waals surface area contributed by atoms with Crippen molar-refractivity contribution in [3.05, 3.63) is 43.7 Å². The van der Waals surface area contributed by atoms with Crippen molar-refractivity contribution in [2.75, 3.05) is 6.61 Å². The molecule has 3 atom stereocenters. The smallest absolute Gasteiger partial charge is 0.0931 e. The largest absolute Gasteiger partial charge is 0.376 e. The Morgan fingerprint density at radius 2 is 2.10 bits per heavy atom. The van der Waals surface area contributed by atoms with Crippen molar-refractivity contribution in [1.29, 1.82) is 0 Å². The van der Waals surface area contributed by atoms with Crippen LogP contribution in [0.25, 0.3) is 0 Å². The van der Waals surface area contributed by atoms with Crippen molar-refractivity contribution < 1.29 is 4.74 Å². The first kappa shape index (κ1) is 14.2. The number of thiophene rings is 2. The highest BCUT2D eigenvalue weighted by Gasteiger charge is 2.41. The molecule has 21 heavy (non-hydrogen) atoms. The van der Waals surface area contributed by atoms with Crippen molar-refractivity contribution in [1.82, 2.24) is 5.32 Å². The van der Waals surface area contributed by atoms with Crippen LogP contribution in [0.4, 0.5) is 0 Å². The van der Waals surface area contributed by atoms with Crippen LogP contribution >= 0.6 is 34.3 Å². The van der Waals surface area contributed by atoms with Crippen LogP contribution in [-0.2, 0) is 4.74 Å². The van der Waals surface area contributed by atoms with E-state index in [1.807, 2.05) is 6.07 Å². The van der Waals surface area contributed by atoms with Crippen LogP contribution in [0, 0.1) is 5.92 Å². The molecule has 112 valence electrons. The number of halogens is 1. The summed E-state index contributed by atoms with van der Waals surface area (Å²) in [5.41, 5.74) is 0. The minimum absolute atomic E-state index is 0.246. The highest BCUT2D eigenvalue weighted by molar-refractivity contribution is 7.16. The molecular weight excluding hydrogens is 322 g/mol. The Kier molecular flexibility index (Phi) is 4.07. The zero-order valence-corrected chi connectivity index (χ0v) is 14.0. The molecule has 0 aromatic carbocycles. The summed E-state index contributed by atoms with van der Waals surface area (Å²) in [5.74, 6) is 0.779. The maximum atomic E-state index is 6.14. The van der Waals surface area contributed by atoms with Crippen molar-refractivity contribution in [3.63, 3.8) is 0 Å². The van der Waals surface area contributed by atoms with Crippen LogP contribution in [0.15, 0.2) is 29.6 Å². The third-order valence-corrected chi connectivity index (χ3v) is 6.54. The molecule has 1 saturated heterocycles. The van der Waals surface area contributed by atoms with Gasteiger partial charge in [0.1, 0.15) is 0 Å². The molecule has 2 aromatic rings. The summed E-state index contributed by atoms with van der Waals surface area (Å²) in [7, 11) is 0. The third kappa shape index (κ3) is 3.06. The van der Waals surface area contributed by atoms with Crippen molar-refractivity contribution in [2.45, 2.75) is 37.5 Å². The van der Waals surface area contributed by atoms with Gasteiger partial charge < -0.3 is 4.74 Å². The summed E-state index contributed by atoms with van der Waals surface area (Å²) in [6.07, 6.45) is 4.18. The van der Waals surface area contributed by atoms with Gasteiger partial charge in [-0.2, -0.15) is 0 Å². The van der Waals surface area contributed by atoms with Gasteiger partial charge in [0.05, 0.1) is 16.5 Å². The summed E-state index contributed by atoms with van der Waals surface area (Å²) in [6, 6.07) is 9.17. The fourth-order valence-electron chi connectivity index (χ4n) is 3.14. The van der Waals surface area contributed by atoms with E-state index in [1.165, 1.54) is 22.6 Å². The van der Waals surface area contributed by atoms with Crippen LogP contribution in [0.1, 0.15) is 35.1 Å². The minimum atomic E-state index is 0.246. The Labute approximate surface area is 138 Å². The molecule has 3 heterocycles. The summed E-state index contributed by atoms with van der Waals surface area (Å²) in [6.45, 7) is 0.890. The van der Waals surface area contributed by atoms with E-state index in [2.05, 4.69) is 28.9 Å². The standard InChI is InChI=1S/C16H18ClNOS2/c17-14-6-5-13(21-14)15(12-2-1-9-20-12)18-11-7-8-19-16(11)10-3-4-10/h1-2,5-6,9-11,15-16,18H,3-4,7-8H2. The molecule has 1 N–H and O–H groups in total. The topological polar surface area (TPSA) is 21.3 Å². The number of rotatable bonds is 5.